The lowest BCUT2D eigenvalue weighted by molar-refractivity contribution is 0.344. The fourth-order valence-electron chi connectivity index (χ4n) is 2.25. The van der Waals surface area contributed by atoms with Crippen molar-refractivity contribution < 1.29 is 0 Å². The number of para-hydroxylation sites is 1. The van der Waals surface area contributed by atoms with E-state index in [9.17, 15) is 0 Å². The summed E-state index contributed by atoms with van der Waals surface area (Å²) >= 11 is 0. The number of benzene rings is 1. The van der Waals surface area contributed by atoms with Gasteiger partial charge in [0.15, 0.2) is 0 Å². The van der Waals surface area contributed by atoms with Gasteiger partial charge in [-0.15, -0.1) is 0 Å². The molecule has 2 nitrogen and oxygen atoms in total. The number of nitrogens with zero attached hydrogens (tertiary/aromatic N) is 1. The van der Waals surface area contributed by atoms with Crippen LogP contribution in [0.4, 0.5) is 0 Å². The minimum atomic E-state index is 0.948. The molecule has 0 saturated heterocycles. The highest BCUT2D eigenvalue weighted by molar-refractivity contribution is 5.84. The van der Waals surface area contributed by atoms with Crippen molar-refractivity contribution in [1.29, 1.82) is 0 Å². The van der Waals surface area contributed by atoms with Crippen LogP contribution >= 0.6 is 0 Å². The first-order valence-electron chi connectivity index (χ1n) is 4.98. The van der Waals surface area contributed by atoms with Gasteiger partial charge in [0, 0.05) is 23.1 Å². The lowest BCUT2D eigenvalue weighted by atomic mass is 10.0. The van der Waals surface area contributed by atoms with E-state index in [1.165, 1.54) is 22.2 Å². The molecule has 0 saturated carbocycles. The Hall–Kier alpha value is -1.28. The molecular weight excluding hydrogens is 172 g/mol. The Morgan fingerprint density at radius 3 is 3.07 bits per heavy atom. The number of nitrogens with one attached hydrogen (secondary N) is 1. The van der Waals surface area contributed by atoms with Gasteiger partial charge in [0.2, 0.25) is 0 Å². The molecule has 14 heavy (non-hydrogen) atoms. The van der Waals surface area contributed by atoms with Crippen molar-refractivity contribution in [2.24, 2.45) is 0 Å². The second-order valence-electron chi connectivity index (χ2n) is 3.93. The predicted molar refractivity (Wildman–Crippen MR) is 57.8 cm³/mol. The van der Waals surface area contributed by atoms with Crippen molar-refractivity contribution >= 4 is 10.9 Å². The summed E-state index contributed by atoms with van der Waals surface area (Å²) in [5.41, 5.74) is 4.08. The lowest BCUT2D eigenvalue weighted by Gasteiger charge is -2.29. The van der Waals surface area contributed by atoms with E-state index in [2.05, 4.69) is 41.2 Å². The summed E-state index contributed by atoms with van der Waals surface area (Å²) in [4.78, 5) is 5.57. The molecule has 1 aromatic heterocycles. The van der Waals surface area contributed by atoms with Crippen molar-refractivity contribution in [3.8, 4) is 0 Å². The number of rotatable bonds is 0. The van der Waals surface area contributed by atoms with Gasteiger partial charge >= 0.3 is 0 Å². The zero-order valence-electron chi connectivity index (χ0n) is 8.09. The Kier molecular flexibility index (Phi) is 1.64. The van der Waals surface area contributed by atoms with Gasteiger partial charge in [0.25, 0.3) is 0 Å². The smallest absolute Gasteiger partial charge is 0.0459 e. The van der Waals surface area contributed by atoms with Crippen LogP contribution in [-0.4, -0.2) is 16.4 Å². The standard InChI is InChI=1S/C12H13N2/c1-14-7-6-10-9-4-2-3-5-11(9)13-12(10)8-14/h2-5,13H,1,6-8H2/q-1. The zero-order valence-corrected chi connectivity index (χ0v) is 8.09. The van der Waals surface area contributed by atoms with Gasteiger partial charge in [-0.2, -0.15) is 0 Å². The van der Waals surface area contributed by atoms with Gasteiger partial charge in [0.05, 0.1) is 0 Å². The summed E-state index contributed by atoms with van der Waals surface area (Å²) in [6.07, 6.45) is 1.11. The second kappa shape index (κ2) is 2.85. The first-order chi connectivity index (χ1) is 6.84. The van der Waals surface area contributed by atoms with Crippen molar-refractivity contribution in [3.05, 3.63) is 42.6 Å². The van der Waals surface area contributed by atoms with Crippen LogP contribution in [0.25, 0.3) is 10.9 Å². The number of fused-ring (bicyclic) bond motifs is 3. The second-order valence-corrected chi connectivity index (χ2v) is 3.93. The highest BCUT2D eigenvalue weighted by Crippen LogP contribution is 2.26. The molecule has 1 aromatic carbocycles. The number of H-pyrrole nitrogens is 1. The summed E-state index contributed by atoms with van der Waals surface area (Å²) in [5, 5.41) is 1.38. The van der Waals surface area contributed by atoms with Crippen LogP contribution in [0.15, 0.2) is 24.3 Å². The van der Waals surface area contributed by atoms with Crippen molar-refractivity contribution in [3.63, 3.8) is 0 Å². The molecule has 72 valence electrons. The molecule has 0 aliphatic carbocycles. The molecule has 2 heterocycles. The third-order valence-electron chi connectivity index (χ3n) is 2.96. The number of aromatic amines is 1. The van der Waals surface area contributed by atoms with Crippen LogP contribution < -0.4 is 0 Å². The van der Waals surface area contributed by atoms with Crippen molar-refractivity contribution in [2.75, 3.05) is 6.54 Å². The maximum absolute atomic E-state index is 3.98. The molecule has 0 radical (unpaired) electrons. The van der Waals surface area contributed by atoms with Gasteiger partial charge in [0.1, 0.15) is 0 Å². The largest absolute Gasteiger partial charge is 0.454 e. The molecule has 1 aliphatic heterocycles. The summed E-state index contributed by atoms with van der Waals surface area (Å²) < 4.78 is 0. The van der Waals surface area contributed by atoms with Crippen LogP contribution in [-0.2, 0) is 13.0 Å². The maximum Gasteiger partial charge on any atom is 0.0459 e. The Balaban J connectivity index is 2.24. The highest BCUT2D eigenvalue weighted by atomic mass is 15.1. The molecule has 2 aromatic rings. The van der Waals surface area contributed by atoms with E-state index < -0.39 is 0 Å². The van der Waals surface area contributed by atoms with E-state index in [1.807, 2.05) is 0 Å². The van der Waals surface area contributed by atoms with Crippen LogP contribution in [0.2, 0.25) is 0 Å². The quantitative estimate of drug-likeness (QED) is 0.624. The van der Waals surface area contributed by atoms with Crippen molar-refractivity contribution in [2.45, 2.75) is 13.0 Å². The van der Waals surface area contributed by atoms with Gasteiger partial charge in [-0.1, -0.05) is 18.2 Å². The Morgan fingerprint density at radius 1 is 1.29 bits per heavy atom. The monoisotopic (exact) mass is 185 g/mol. The molecule has 0 bridgehead atoms. The maximum atomic E-state index is 3.98. The molecule has 0 atom stereocenters. The van der Waals surface area contributed by atoms with Gasteiger partial charge < -0.3 is 9.88 Å². The van der Waals surface area contributed by atoms with Crippen LogP contribution in [0.1, 0.15) is 11.3 Å². The fourth-order valence-corrected chi connectivity index (χ4v) is 2.25. The average Bonchev–Trinajstić information content (AvgIpc) is 2.54. The van der Waals surface area contributed by atoms with E-state index in [1.54, 1.807) is 0 Å². The molecule has 1 N–H and O–H groups in total. The molecule has 2 heteroatoms. The summed E-state index contributed by atoms with van der Waals surface area (Å²) in [6, 6.07) is 8.52. The van der Waals surface area contributed by atoms with Gasteiger partial charge in [-0.3, -0.25) is 7.05 Å². The third kappa shape index (κ3) is 1.07. The van der Waals surface area contributed by atoms with Crippen molar-refractivity contribution in [1.82, 2.24) is 9.88 Å². The van der Waals surface area contributed by atoms with E-state index >= 15 is 0 Å². The molecular formula is C12H13N2-. The Labute approximate surface area is 83.5 Å². The summed E-state index contributed by atoms with van der Waals surface area (Å²) in [5.74, 6) is 0. The molecule has 0 unspecified atom stereocenters. The first kappa shape index (κ1) is 8.06. The molecule has 3 rings (SSSR count). The Morgan fingerprint density at radius 2 is 2.14 bits per heavy atom. The van der Waals surface area contributed by atoms with Crippen LogP contribution in [0.5, 0.6) is 0 Å². The van der Waals surface area contributed by atoms with E-state index in [4.69, 9.17) is 0 Å². The summed E-state index contributed by atoms with van der Waals surface area (Å²) in [6.45, 7) is 2.01. The van der Waals surface area contributed by atoms with E-state index in [-0.39, 0.29) is 0 Å². The molecule has 0 amide bonds. The SMILES string of the molecule is [CH2-]N1CCc2c([nH]c3ccccc23)C1. The average molecular weight is 185 g/mol. The minimum absolute atomic E-state index is 0.948. The van der Waals surface area contributed by atoms with Crippen LogP contribution in [0.3, 0.4) is 0 Å². The molecule has 1 aliphatic rings. The topological polar surface area (TPSA) is 19.0 Å². The third-order valence-corrected chi connectivity index (χ3v) is 2.96. The normalized spacial score (nSPS) is 17.2. The number of hydrogen-bond donors (Lipinski definition) is 1. The first-order valence-corrected chi connectivity index (χ1v) is 4.98. The van der Waals surface area contributed by atoms with Crippen LogP contribution in [0, 0.1) is 7.05 Å². The minimum Gasteiger partial charge on any atom is -0.454 e. The number of hydrogen-bond acceptors (Lipinski definition) is 1. The molecule has 0 spiro atoms. The predicted octanol–water partition coefficient (Wildman–Crippen LogP) is 2.32. The Bertz CT molecular complexity index is 470. The number of aromatic nitrogens is 1. The van der Waals surface area contributed by atoms with Gasteiger partial charge in [-0.25, -0.2) is 0 Å². The lowest BCUT2D eigenvalue weighted by Crippen LogP contribution is -2.24. The van der Waals surface area contributed by atoms with E-state index in [0.717, 1.165) is 19.5 Å². The zero-order chi connectivity index (χ0) is 9.54. The molecule has 0 fully saturated rings. The fraction of sp³-hybridized carbons (Fsp3) is 0.250. The van der Waals surface area contributed by atoms with Gasteiger partial charge in [-0.05, 0) is 24.6 Å². The summed E-state index contributed by atoms with van der Waals surface area (Å²) in [7, 11) is 3.98. The highest BCUT2D eigenvalue weighted by Gasteiger charge is 2.14. The van der Waals surface area contributed by atoms with E-state index in [0.29, 0.717) is 0 Å².